The van der Waals surface area contributed by atoms with Gasteiger partial charge in [-0.05, 0) is 75.1 Å². The zero-order valence-corrected chi connectivity index (χ0v) is 16.4. The topological polar surface area (TPSA) is 52.6 Å². The van der Waals surface area contributed by atoms with E-state index in [1.165, 1.54) is 0 Å². The van der Waals surface area contributed by atoms with E-state index in [0.29, 0.717) is 30.0 Å². The van der Waals surface area contributed by atoms with Crippen LogP contribution in [0.15, 0.2) is 18.2 Å². The number of urea groups is 1. The van der Waals surface area contributed by atoms with Crippen LogP contribution in [0.4, 0.5) is 23.7 Å². The van der Waals surface area contributed by atoms with E-state index in [9.17, 15) is 23.1 Å². The maximum Gasteiger partial charge on any atom is 0.391 e. The molecule has 0 radical (unpaired) electrons. The van der Waals surface area contributed by atoms with Crippen LogP contribution in [0.5, 0.6) is 0 Å². The van der Waals surface area contributed by atoms with Crippen molar-refractivity contribution >= 4 is 23.3 Å². The van der Waals surface area contributed by atoms with Crippen molar-refractivity contribution < 1.29 is 23.1 Å². The Morgan fingerprint density at radius 1 is 1.29 bits per heavy atom. The first-order chi connectivity index (χ1) is 13.0. The summed E-state index contributed by atoms with van der Waals surface area (Å²) >= 11 is 6.33. The number of fused-ring (bicyclic) bond motifs is 2. The highest BCUT2D eigenvalue weighted by Crippen LogP contribution is 2.47. The van der Waals surface area contributed by atoms with Crippen molar-refractivity contribution in [2.75, 3.05) is 5.32 Å². The van der Waals surface area contributed by atoms with Crippen molar-refractivity contribution in [3.63, 3.8) is 0 Å². The van der Waals surface area contributed by atoms with Crippen molar-refractivity contribution in [2.45, 2.75) is 75.2 Å². The molecule has 1 aromatic carbocycles. The van der Waals surface area contributed by atoms with Crippen LogP contribution in [0.25, 0.3) is 0 Å². The first-order valence-electron chi connectivity index (χ1n) is 9.71. The van der Waals surface area contributed by atoms with Crippen LogP contribution in [0.2, 0.25) is 5.02 Å². The van der Waals surface area contributed by atoms with E-state index < -0.39 is 17.7 Å². The van der Waals surface area contributed by atoms with Gasteiger partial charge in [0.15, 0.2) is 0 Å². The van der Waals surface area contributed by atoms with Crippen molar-refractivity contribution in [3.05, 3.63) is 28.8 Å². The van der Waals surface area contributed by atoms with Gasteiger partial charge in [0, 0.05) is 22.8 Å². The molecule has 4 nitrogen and oxygen atoms in total. The number of carbonyl (C=O) groups is 1. The molecule has 2 N–H and O–H groups in total. The van der Waals surface area contributed by atoms with Crippen LogP contribution in [-0.4, -0.2) is 39.9 Å². The van der Waals surface area contributed by atoms with Crippen LogP contribution >= 0.6 is 11.6 Å². The van der Waals surface area contributed by atoms with Gasteiger partial charge < -0.3 is 15.3 Å². The van der Waals surface area contributed by atoms with E-state index in [1.54, 1.807) is 17.0 Å². The fourth-order valence-corrected chi connectivity index (χ4v) is 5.35. The number of piperidine rings is 1. The summed E-state index contributed by atoms with van der Waals surface area (Å²) < 4.78 is 38.8. The summed E-state index contributed by atoms with van der Waals surface area (Å²) in [5, 5.41) is 13.6. The lowest BCUT2D eigenvalue weighted by Crippen LogP contribution is -2.65. The third-order valence-electron chi connectivity index (χ3n) is 6.55. The van der Waals surface area contributed by atoms with Gasteiger partial charge >= 0.3 is 12.2 Å². The quantitative estimate of drug-likeness (QED) is 0.686. The number of alkyl halides is 3. The predicted octanol–water partition coefficient (Wildman–Crippen LogP) is 5.31. The third-order valence-corrected chi connectivity index (χ3v) is 6.89. The van der Waals surface area contributed by atoms with Crippen molar-refractivity contribution in [1.82, 2.24) is 4.90 Å². The average molecular weight is 417 g/mol. The molecule has 1 heterocycles. The Bertz CT molecular complexity index is 771. The standard InChI is InChI=1S/C20H24ClF3N2O2/c1-19(28)5-4-11(10-19)16-8-13(2-3-17(16)21)25-18(27)26-14-6-12(20(22,23)24)7-15(26)9-14/h2-3,8,11-12,14-15,28H,4-7,9-10H2,1H3,(H,25,27)/t11-,12?,14?,15?,19-/m0/s1. The van der Waals surface area contributed by atoms with Gasteiger partial charge in [-0.1, -0.05) is 11.6 Å². The highest BCUT2D eigenvalue weighted by atomic mass is 35.5. The number of carbonyl (C=O) groups excluding carboxylic acids is 1. The Balaban J connectivity index is 1.43. The fourth-order valence-electron chi connectivity index (χ4n) is 5.08. The number of benzene rings is 1. The molecule has 2 saturated carbocycles. The Morgan fingerprint density at radius 2 is 1.96 bits per heavy atom. The summed E-state index contributed by atoms with van der Waals surface area (Å²) in [5.74, 6) is -1.19. The minimum Gasteiger partial charge on any atom is -0.390 e. The lowest BCUT2D eigenvalue weighted by molar-refractivity contribution is -0.205. The maximum absolute atomic E-state index is 12.9. The van der Waals surface area contributed by atoms with E-state index >= 15 is 0 Å². The highest BCUT2D eigenvalue weighted by molar-refractivity contribution is 6.31. The largest absolute Gasteiger partial charge is 0.391 e. The van der Waals surface area contributed by atoms with E-state index in [1.807, 2.05) is 13.0 Å². The molecule has 28 heavy (non-hydrogen) atoms. The molecule has 4 rings (SSSR count). The summed E-state index contributed by atoms with van der Waals surface area (Å²) in [7, 11) is 0. The Hall–Kier alpha value is -1.47. The normalized spacial score (nSPS) is 34.9. The molecule has 0 spiro atoms. The summed E-state index contributed by atoms with van der Waals surface area (Å²) in [6, 6.07) is 4.19. The van der Waals surface area contributed by atoms with Crippen molar-refractivity contribution in [2.24, 2.45) is 5.92 Å². The van der Waals surface area contributed by atoms with Gasteiger partial charge in [0.25, 0.3) is 0 Å². The Kier molecular flexibility index (Phi) is 4.82. The fraction of sp³-hybridized carbons (Fsp3) is 0.650. The second-order valence-corrected chi connectivity index (χ2v) is 9.17. The summed E-state index contributed by atoms with van der Waals surface area (Å²) in [6.07, 6.45) is -1.45. The number of nitrogens with zero attached hydrogens (tertiary/aromatic N) is 1. The van der Waals surface area contributed by atoms with Crippen LogP contribution in [0, 0.1) is 5.92 Å². The minimum atomic E-state index is -4.19. The highest BCUT2D eigenvalue weighted by Gasteiger charge is 2.54. The first-order valence-corrected chi connectivity index (χ1v) is 10.1. The Labute approximate surface area is 167 Å². The smallest absolute Gasteiger partial charge is 0.390 e. The van der Waals surface area contributed by atoms with Gasteiger partial charge in [-0.2, -0.15) is 13.2 Å². The van der Waals surface area contributed by atoms with E-state index in [2.05, 4.69) is 5.32 Å². The second kappa shape index (κ2) is 6.80. The number of hydrogen-bond donors (Lipinski definition) is 2. The number of hydrogen-bond acceptors (Lipinski definition) is 2. The zero-order valence-electron chi connectivity index (χ0n) is 15.6. The van der Waals surface area contributed by atoms with E-state index in [0.717, 1.165) is 12.0 Å². The summed E-state index contributed by atoms with van der Waals surface area (Å²) in [6.45, 7) is 1.81. The zero-order chi connectivity index (χ0) is 20.3. The van der Waals surface area contributed by atoms with Crippen LogP contribution in [0.1, 0.15) is 56.9 Å². The maximum atomic E-state index is 12.9. The molecule has 3 aliphatic rings. The van der Waals surface area contributed by atoms with Gasteiger partial charge in [0.2, 0.25) is 0 Å². The molecule has 2 aliphatic carbocycles. The summed E-state index contributed by atoms with van der Waals surface area (Å²) in [4.78, 5) is 14.2. The van der Waals surface area contributed by atoms with Crippen LogP contribution < -0.4 is 5.32 Å². The number of likely N-dealkylation sites (tertiary alicyclic amines) is 1. The summed E-state index contributed by atoms with van der Waals surface area (Å²) in [5.41, 5.74) is 0.753. The molecule has 1 saturated heterocycles. The predicted molar refractivity (Wildman–Crippen MR) is 100 cm³/mol. The number of aliphatic hydroxyl groups is 1. The molecule has 8 heteroatoms. The SMILES string of the molecule is C[C@]1(O)CC[C@H](c2cc(NC(=O)N3C4CC3CC(C(F)(F)F)C4)ccc2Cl)C1. The second-order valence-electron chi connectivity index (χ2n) is 8.76. The van der Waals surface area contributed by atoms with Crippen molar-refractivity contribution in [1.29, 1.82) is 0 Å². The number of amides is 2. The van der Waals surface area contributed by atoms with Crippen LogP contribution in [-0.2, 0) is 0 Å². The number of anilines is 1. The molecule has 2 bridgehead atoms. The lowest BCUT2D eigenvalue weighted by atomic mass is 9.73. The third kappa shape index (κ3) is 3.71. The van der Waals surface area contributed by atoms with Gasteiger partial charge in [-0.25, -0.2) is 4.79 Å². The molecular formula is C20H24ClF3N2O2. The lowest BCUT2D eigenvalue weighted by Gasteiger charge is -2.55. The average Bonchev–Trinajstić information content (AvgIpc) is 2.95. The molecule has 2 amide bonds. The monoisotopic (exact) mass is 416 g/mol. The van der Waals surface area contributed by atoms with Gasteiger partial charge in [-0.3, -0.25) is 0 Å². The van der Waals surface area contributed by atoms with E-state index in [4.69, 9.17) is 11.6 Å². The minimum absolute atomic E-state index is 0.0174. The molecule has 1 aliphatic heterocycles. The van der Waals surface area contributed by atoms with E-state index in [-0.39, 0.29) is 36.9 Å². The first kappa shape index (κ1) is 19.8. The van der Waals surface area contributed by atoms with Gasteiger partial charge in [-0.15, -0.1) is 0 Å². The van der Waals surface area contributed by atoms with Crippen LogP contribution in [0.3, 0.4) is 0 Å². The van der Waals surface area contributed by atoms with Crippen molar-refractivity contribution in [3.8, 4) is 0 Å². The molecular weight excluding hydrogens is 393 g/mol. The molecule has 1 aromatic rings. The number of rotatable bonds is 2. The number of halogens is 4. The molecule has 2 unspecified atom stereocenters. The number of nitrogens with one attached hydrogen (secondary N) is 1. The molecule has 154 valence electrons. The van der Waals surface area contributed by atoms with Gasteiger partial charge in [0.05, 0.1) is 11.5 Å². The molecule has 0 aromatic heterocycles. The Morgan fingerprint density at radius 3 is 2.54 bits per heavy atom. The molecule has 3 fully saturated rings. The van der Waals surface area contributed by atoms with Gasteiger partial charge in [0.1, 0.15) is 0 Å². The molecule has 4 atom stereocenters.